The molecule has 282 valence electrons. The number of amides is 2. The lowest BCUT2D eigenvalue weighted by molar-refractivity contribution is -0.392. The molecule has 2 aliphatic rings. The van der Waals surface area contributed by atoms with Crippen molar-refractivity contribution in [1.82, 2.24) is 9.80 Å². The first-order valence-electron chi connectivity index (χ1n) is 15.4. The van der Waals surface area contributed by atoms with Gasteiger partial charge in [-0.25, -0.2) is 35.6 Å². The fourth-order valence-corrected chi connectivity index (χ4v) is 8.53. The highest BCUT2D eigenvalue weighted by molar-refractivity contribution is 7.92. The van der Waals surface area contributed by atoms with Gasteiger partial charge in [-0.2, -0.15) is 26.3 Å². The molecule has 2 fully saturated rings. The number of sulfone groups is 1. The summed E-state index contributed by atoms with van der Waals surface area (Å²) in [5, 5.41) is 9.16. The first kappa shape index (κ1) is 38.8. The van der Waals surface area contributed by atoms with E-state index in [4.69, 9.17) is 5.11 Å². The summed E-state index contributed by atoms with van der Waals surface area (Å²) in [7, 11) is -4.73. The number of benzene rings is 3. The average Bonchev–Trinajstić information content (AvgIpc) is 3.53. The van der Waals surface area contributed by atoms with Crippen LogP contribution in [0.15, 0.2) is 71.6 Å². The van der Waals surface area contributed by atoms with Gasteiger partial charge in [-0.1, -0.05) is 30.3 Å². The van der Waals surface area contributed by atoms with E-state index in [0.717, 1.165) is 40.1 Å². The van der Waals surface area contributed by atoms with Crippen molar-refractivity contribution in [2.24, 2.45) is 0 Å². The number of aliphatic carboxylic acids is 1. The van der Waals surface area contributed by atoms with Gasteiger partial charge in [-0.05, 0) is 48.4 Å². The molecule has 8 nitrogen and oxygen atoms in total. The minimum atomic E-state index is -6.28. The normalized spacial score (nSPS) is 19.9. The molecule has 2 aliphatic heterocycles. The van der Waals surface area contributed by atoms with Crippen LogP contribution in [0, 0.1) is 17.5 Å². The van der Waals surface area contributed by atoms with Crippen LogP contribution in [-0.4, -0.2) is 79.5 Å². The maximum absolute atomic E-state index is 14.6. The predicted octanol–water partition coefficient (Wildman–Crippen LogP) is 7.02. The Labute approximate surface area is 289 Å². The maximum atomic E-state index is 14.6. The number of hydrogen-bond donors (Lipinski definition) is 1. The smallest absolute Gasteiger partial charge is 0.430 e. The van der Waals surface area contributed by atoms with Crippen LogP contribution in [-0.2, 0) is 36.3 Å². The molecule has 1 atom stereocenters. The number of carbonyl (C=O) groups excluding carboxylic acids is 1. The van der Waals surface area contributed by atoms with E-state index in [-0.39, 0.29) is 25.2 Å². The van der Waals surface area contributed by atoms with E-state index in [1.54, 1.807) is 0 Å². The van der Waals surface area contributed by atoms with Crippen LogP contribution in [0.4, 0.5) is 48.7 Å². The van der Waals surface area contributed by atoms with Gasteiger partial charge in [-0.3, -0.25) is 0 Å². The van der Waals surface area contributed by atoms with Gasteiger partial charge in [0, 0.05) is 50.1 Å². The van der Waals surface area contributed by atoms with Gasteiger partial charge in [0.2, 0.25) is 5.67 Å². The first-order chi connectivity index (χ1) is 24.1. The van der Waals surface area contributed by atoms with Gasteiger partial charge in [0.05, 0.1) is 11.5 Å². The van der Waals surface area contributed by atoms with E-state index in [1.165, 1.54) is 0 Å². The zero-order chi connectivity index (χ0) is 38.5. The molecule has 0 unspecified atom stereocenters. The summed E-state index contributed by atoms with van der Waals surface area (Å²) in [4.78, 5) is 26.4. The molecule has 0 aromatic heterocycles. The number of carboxylic acids is 1. The number of nitrogens with zero attached hydrogens (tertiary/aromatic N) is 2. The van der Waals surface area contributed by atoms with Crippen molar-refractivity contribution >= 4 is 21.8 Å². The Hall–Kier alpha value is -4.39. The van der Waals surface area contributed by atoms with Crippen molar-refractivity contribution in [3.8, 4) is 0 Å². The number of carboxylic acid groups (broad SMARTS) is 1. The highest BCUT2D eigenvalue weighted by Crippen LogP contribution is 2.54. The third-order valence-electron chi connectivity index (χ3n) is 9.46. The largest absolute Gasteiger partial charge is 0.479 e. The van der Waals surface area contributed by atoms with Crippen LogP contribution < -0.4 is 0 Å². The summed E-state index contributed by atoms with van der Waals surface area (Å²) in [5.41, 5.74) is -11.0. The van der Waals surface area contributed by atoms with Crippen LogP contribution in [0.5, 0.6) is 0 Å². The van der Waals surface area contributed by atoms with E-state index >= 15 is 0 Å². The summed E-state index contributed by atoms with van der Waals surface area (Å²) < 4.78 is 175. The van der Waals surface area contributed by atoms with Crippen molar-refractivity contribution in [3.05, 3.63) is 101 Å². The monoisotopic (exact) mass is 770 g/mol. The topological polar surface area (TPSA) is 104 Å². The zero-order valence-electron chi connectivity index (χ0n) is 26.6. The third kappa shape index (κ3) is 6.56. The van der Waals surface area contributed by atoms with E-state index in [0.29, 0.717) is 36.4 Å². The summed E-state index contributed by atoms with van der Waals surface area (Å²) in [6.45, 7) is -3.58. The number of piperidine rings is 1. The number of halogens is 10. The minimum Gasteiger partial charge on any atom is -0.479 e. The van der Waals surface area contributed by atoms with E-state index in [2.05, 4.69) is 4.74 Å². The van der Waals surface area contributed by atoms with Crippen LogP contribution in [0.25, 0.3) is 0 Å². The van der Waals surface area contributed by atoms with Gasteiger partial charge in [-0.15, -0.1) is 0 Å². The Morgan fingerprint density at radius 1 is 0.769 bits per heavy atom. The molecule has 3 aromatic carbocycles. The van der Waals surface area contributed by atoms with E-state index < -0.39 is 116 Å². The second-order valence-electron chi connectivity index (χ2n) is 12.4. The van der Waals surface area contributed by atoms with Crippen LogP contribution in [0.1, 0.15) is 36.0 Å². The lowest BCUT2D eigenvalue weighted by Crippen LogP contribution is -2.56. The molecule has 2 amide bonds. The Bertz CT molecular complexity index is 1900. The molecule has 0 spiro atoms. The summed E-state index contributed by atoms with van der Waals surface area (Å²) >= 11 is 0. The molecule has 0 radical (unpaired) electrons. The Balaban J connectivity index is 1.56. The van der Waals surface area contributed by atoms with Crippen molar-refractivity contribution in [1.29, 1.82) is 0 Å². The van der Waals surface area contributed by atoms with Gasteiger partial charge >= 0.3 is 24.4 Å². The predicted molar refractivity (Wildman–Crippen MR) is 161 cm³/mol. The van der Waals surface area contributed by atoms with E-state index in [9.17, 15) is 61.9 Å². The minimum absolute atomic E-state index is 0.303. The number of hydrogen-bond acceptors (Lipinski definition) is 5. The molecule has 2 heterocycles. The lowest BCUT2D eigenvalue weighted by Gasteiger charge is -2.38. The Morgan fingerprint density at radius 3 is 1.79 bits per heavy atom. The quantitative estimate of drug-likeness (QED) is 0.195. The number of urea groups is 1. The fourth-order valence-electron chi connectivity index (χ4n) is 6.46. The molecule has 52 heavy (non-hydrogen) atoms. The van der Waals surface area contributed by atoms with E-state index in [1.807, 2.05) is 0 Å². The second-order valence-corrected chi connectivity index (χ2v) is 14.7. The third-order valence-corrected chi connectivity index (χ3v) is 12.0. The van der Waals surface area contributed by atoms with Gasteiger partial charge in [0.15, 0.2) is 9.84 Å². The van der Waals surface area contributed by atoms with Gasteiger partial charge < -0.3 is 19.6 Å². The molecule has 2 saturated heterocycles. The Morgan fingerprint density at radius 2 is 1.29 bits per heavy atom. The van der Waals surface area contributed by atoms with Gasteiger partial charge in [0.1, 0.15) is 22.2 Å². The number of carbonyl (C=O) groups is 2. The maximum Gasteiger partial charge on any atom is 0.430 e. The Kier molecular flexibility index (Phi) is 10.1. The summed E-state index contributed by atoms with van der Waals surface area (Å²) in [6.07, 6.45) is -14.2. The molecule has 3 aromatic rings. The molecule has 1 N–H and O–H groups in total. The highest BCUT2D eigenvalue weighted by atomic mass is 32.2. The van der Waals surface area contributed by atoms with Crippen molar-refractivity contribution < 1.29 is 71.8 Å². The first-order valence-corrected chi connectivity index (χ1v) is 16.9. The molecular formula is C33H28F10N2O6S. The molecule has 0 saturated carbocycles. The van der Waals surface area contributed by atoms with Crippen LogP contribution in [0.2, 0.25) is 0 Å². The molecule has 0 aliphatic carbocycles. The lowest BCUT2D eigenvalue weighted by atomic mass is 9.88. The van der Waals surface area contributed by atoms with Gasteiger partial charge in [0.25, 0.3) is 5.60 Å². The molecular weight excluding hydrogens is 742 g/mol. The summed E-state index contributed by atoms with van der Waals surface area (Å²) in [5.74, 6) is -5.50. The molecule has 5 rings (SSSR count). The SMILES string of the molecule is O=C(N1CCC(F)(C(=O)O)CC1)N1CC[C@](c2ccc(C(OCc3c(F)cccc3F)(C(F)(F)F)C(F)(F)F)cc2)(S(=O)(=O)c2ccc(F)cc2)C1. The van der Waals surface area contributed by atoms with Crippen molar-refractivity contribution in [3.63, 3.8) is 0 Å². The standard InChI is InChI=1S/C33H28F10N2O6S/c34-22-8-10-23(11-9-22)52(49,50)30(14-17-45(19-30)28(48)44-15-12-29(37,13-16-44)27(46)47)20-4-6-21(7-5-20)31(32(38,39)40,33(41,42)43)51-18-24-25(35)2-1-3-26(24)36/h1-11H,12-19H2,(H,46,47)/t30-/m0/s1. The molecule has 19 heteroatoms. The number of alkyl halides is 7. The van der Waals surface area contributed by atoms with Crippen LogP contribution >= 0.6 is 0 Å². The molecule has 0 bridgehead atoms. The highest BCUT2D eigenvalue weighted by Gasteiger charge is 2.73. The summed E-state index contributed by atoms with van der Waals surface area (Å²) in [6, 6.07) is 6.52. The van der Waals surface area contributed by atoms with Crippen molar-refractivity contribution in [2.45, 2.75) is 59.1 Å². The number of rotatable bonds is 8. The number of likely N-dealkylation sites (tertiary alicyclic amines) is 2. The number of ether oxygens (including phenoxy) is 1. The fraction of sp³-hybridized carbons (Fsp3) is 0.394. The zero-order valence-corrected chi connectivity index (χ0v) is 27.4. The van der Waals surface area contributed by atoms with Crippen molar-refractivity contribution in [2.75, 3.05) is 26.2 Å². The van der Waals surface area contributed by atoms with Crippen LogP contribution in [0.3, 0.4) is 0 Å². The average molecular weight is 771 g/mol. The second kappa shape index (κ2) is 13.5.